The molecule has 0 atom stereocenters. The Morgan fingerprint density at radius 2 is 1.67 bits per heavy atom. The Hall–Kier alpha value is -2.43. The third-order valence-corrected chi connectivity index (χ3v) is 5.92. The van der Waals surface area contributed by atoms with E-state index in [0.717, 1.165) is 53.8 Å². The smallest absolute Gasteiger partial charge is 0.256 e. The lowest BCUT2D eigenvalue weighted by molar-refractivity contribution is 0.103. The van der Waals surface area contributed by atoms with Crippen LogP contribution in [0, 0.1) is 6.92 Å². The fraction of sp³-hybridized carbons (Fsp3) is 0.348. The number of piperazine rings is 1. The van der Waals surface area contributed by atoms with E-state index in [1.54, 1.807) is 0 Å². The summed E-state index contributed by atoms with van der Waals surface area (Å²) in [5, 5.41) is 5.18. The molecule has 1 aromatic heterocycles. The van der Waals surface area contributed by atoms with E-state index in [9.17, 15) is 4.79 Å². The average Bonchev–Trinajstić information content (AvgIpc) is 2.69. The van der Waals surface area contributed by atoms with E-state index in [2.05, 4.69) is 59.4 Å². The molecule has 27 heavy (non-hydrogen) atoms. The first-order valence-electron chi connectivity index (χ1n) is 9.66. The zero-order valence-corrected chi connectivity index (χ0v) is 16.3. The van der Waals surface area contributed by atoms with Crippen LogP contribution >= 0.6 is 0 Å². The van der Waals surface area contributed by atoms with E-state index in [-0.39, 0.29) is 11.1 Å². The molecule has 1 aliphatic heterocycles. The highest BCUT2D eigenvalue weighted by Crippen LogP contribution is 2.30. The number of hydrogen-bond donors (Lipinski definition) is 2. The summed E-state index contributed by atoms with van der Waals surface area (Å²) < 4.78 is 0. The van der Waals surface area contributed by atoms with Gasteiger partial charge in [0.05, 0.1) is 0 Å². The van der Waals surface area contributed by atoms with Crippen LogP contribution < -0.4 is 10.9 Å². The maximum absolute atomic E-state index is 12.5. The second-order valence-electron chi connectivity index (χ2n) is 7.92. The fourth-order valence-electron chi connectivity index (χ4n) is 4.06. The van der Waals surface area contributed by atoms with E-state index in [4.69, 9.17) is 0 Å². The van der Waals surface area contributed by atoms with E-state index >= 15 is 0 Å². The van der Waals surface area contributed by atoms with Gasteiger partial charge in [-0.25, -0.2) is 0 Å². The molecular weight excluding hydrogens is 334 g/mol. The van der Waals surface area contributed by atoms with Crippen LogP contribution in [0.4, 0.5) is 0 Å². The van der Waals surface area contributed by atoms with Crippen molar-refractivity contribution in [2.45, 2.75) is 26.3 Å². The normalized spacial score (nSPS) is 16.0. The summed E-state index contributed by atoms with van der Waals surface area (Å²) in [4.78, 5) is 18.1. The van der Waals surface area contributed by atoms with Crippen LogP contribution in [0.2, 0.25) is 0 Å². The fourth-order valence-corrected chi connectivity index (χ4v) is 4.06. The second kappa shape index (κ2) is 6.95. The Morgan fingerprint density at radius 1 is 0.963 bits per heavy atom. The molecular formula is C23H27N3O. The van der Waals surface area contributed by atoms with Crippen molar-refractivity contribution in [3.8, 4) is 11.3 Å². The molecule has 0 amide bonds. The van der Waals surface area contributed by atoms with Crippen molar-refractivity contribution in [3.63, 3.8) is 0 Å². The van der Waals surface area contributed by atoms with Crippen molar-refractivity contribution in [1.82, 2.24) is 15.2 Å². The van der Waals surface area contributed by atoms with Crippen molar-refractivity contribution in [2.75, 3.05) is 26.2 Å². The lowest BCUT2D eigenvalue weighted by Gasteiger charge is -2.41. The van der Waals surface area contributed by atoms with Gasteiger partial charge >= 0.3 is 0 Å². The van der Waals surface area contributed by atoms with E-state index in [1.165, 1.54) is 5.56 Å². The number of fused-ring (bicyclic) bond motifs is 1. The Morgan fingerprint density at radius 3 is 2.37 bits per heavy atom. The minimum Gasteiger partial charge on any atom is -0.321 e. The average molecular weight is 361 g/mol. The van der Waals surface area contributed by atoms with E-state index in [1.807, 2.05) is 25.1 Å². The predicted molar refractivity (Wildman–Crippen MR) is 112 cm³/mol. The second-order valence-corrected chi connectivity index (χ2v) is 7.92. The highest BCUT2D eigenvalue weighted by atomic mass is 16.1. The van der Waals surface area contributed by atoms with Gasteiger partial charge in [-0.3, -0.25) is 9.69 Å². The van der Waals surface area contributed by atoms with Crippen LogP contribution in [0.25, 0.3) is 22.0 Å². The number of benzene rings is 2. The number of nitrogens with one attached hydrogen (secondary N) is 2. The molecule has 2 aromatic carbocycles. The van der Waals surface area contributed by atoms with Gasteiger partial charge in [0.15, 0.2) is 0 Å². The van der Waals surface area contributed by atoms with Crippen LogP contribution in [0.15, 0.2) is 53.3 Å². The first-order chi connectivity index (χ1) is 13.0. The summed E-state index contributed by atoms with van der Waals surface area (Å²) in [6.45, 7) is 10.8. The van der Waals surface area contributed by atoms with Gasteiger partial charge in [0.2, 0.25) is 0 Å². The molecule has 0 saturated carbocycles. The summed E-state index contributed by atoms with van der Waals surface area (Å²) in [6, 6.07) is 16.6. The minimum atomic E-state index is -0.0311. The van der Waals surface area contributed by atoms with E-state index < -0.39 is 0 Å². The zero-order valence-electron chi connectivity index (χ0n) is 16.3. The van der Waals surface area contributed by atoms with Gasteiger partial charge in [0.25, 0.3) is 5.56 Å². The Kier molecular flexibility index (Phi) is 4.62. The van der Waals surface area contributed by atoms with Crippen molar-refractivity contribution in [2.24, 2.45) is 0 Å². The largest absolute Gasteiger partial charge is 0.321 e. The number of pyridine rings is 1. The van der Waals surface area contributed by atoms with Crippen molar-refractivity contribution >= 4 is 10.8 Å². The number of aryl methyl sites for hydroxylation is 1. The molecule has 4 heteroatoms. The molecule has 0 radical (unpaired) electrons. The molecule has 4 rings (SSSR count). The molecule has 1 fully saturated rings. The van der Waals surface area contributed by atoms with Gasteiger partial charge < -0.3 is 10.3 Å². The van der Waals surface area contributed by atoms with Gasteiger partial charge in [0, 0.05) is 42.8 Å². The standard InChI is InChI=1S/C23H27N3O/c1-16-5-4-6-19-20(16)15-21(25-22(19)27)17-7-9-18(10-8-17)23(2,3)26-13-11-24-12-14-26/h4-10,15,24H,11-14H2,1-3H3,(H,25,27). The van der Waals surface area contributed by atoms with E-state index in [0.29, 0.717) is 0 Å². The SMILES string of the molecule is Cc1cccc2c(=O)[nH]c(-c3ccc(C(C)(C)N4CCNCC4)cc3)cc12. The van der Waals surface area contributed by atoms with Crippen LogP contribution in [0.5, 0.6) is 0 Å². The van der Waals surface area contributed by atoms with Crippen LogP contribution in [0.3, 0.4) is 0 Å². The summed E-state index contributed by atoms with van der Waals surface area (Å²) in [7, 11) is 0. The molecule has 4 nitrogen and oxygen atoms in total. The van der Waals surface area contributed by atoms with Crippen LogP contribution in [0.1, 0.15) is 25.0 Å². The highest BCUT2D eigenvalue weighted by molar-refractivity contribution is 5.87. The van der Waals surface area contributed by atoms with Gasteiger partial charge in [-0.1, -0.05) is 36.4 Å². The molecule has 0 aliphatic carbocycles. The van der Waals surface area contributed by atoms with Crippen molar-refractivity contribution in [1.29, 1.82) is 0 Å². The number of nitrogens with zero attached hydrogens (tertiary/aromatic N) is 1. The summed E-state index contributed by atoms with van der Waals surface area (Å²) in [5.41, 5.74) is 4.29. The lowest BCUT2D eigenvalue weighted by Crippen LogP contribution is -2.51. The molecule has 3 aromatic rings. The first kappa shape index (κ1) is 18.0. The van der Waals surface area contributed by atoms with Crippen LogP contribution in [-0.2, 0) is 5.54 Å². The maximum Gasteiger partial charge on any atom is 0.256 e. The highest BCUT2D eigenvalue weighted by Gasteiger charge is 2.29. The van der Waals surface area contributed by atoms with Gasteiger partial charge in [-0.15, -0.1) is 0 Å². The molecule has 0 bridgehead atoms. The predicted octanol–water partition coefficient (Wildman–Crippen LogP) is 3.64. The molecule has 2 N–H and O–H groups in total. The molecule has 140 valence electrons. The maximum atomic E-state index is 12.5. The summed E-state index contributed by atoms with van der Waals surface area (Å²) in [6.07, 6.45) is 0. The van der Waals surface area contributed by atoms with Crippen molar-refractivity contribution in [3.05, 3.63) is 70.0 Å². The summed E-state index contributed by atoms with van der Waals surface area (Å²) >= 11 is 0. The minimum absolute atomic E-state index is 0.00594. The number of aromatic nitrogens is 1. The van der Waals surface area contributed by atoms with Gasteiger partial charge in [0.1, 0.15) is 0 Å². The zero-order chi connectivity index (χ0) is 19.0. The Bertz CT molecular complexity index is 1010. The Balaban J connectivity index is 1.69. The molecule has 2 heterocycles. The summed E-state index contributed by atoms with van der Waals surface area (Å²) in [5.74, 6) is 0. The monoisotopic (exact) mass is 361 g/mol. The lowest BCUT2D eigenvalue weighted by atomic mass is 9.90. The molecule has 0 unspecified atom stereocenters. The van der Waals surface area contributed by atoms with Crippen molar-refractivity contribution < 1.29 is 0 Å². The molecule has 0 spiro atoms. The quantitative estimate of drug-likeness (QED) is 0.749. The third-order valence-electron chi connectivity index (χ3n) is 5.92. The van der Waals surface area contributed by atoms with Gasteiger partial charge in [-0.2, -0.15) is 0 Å². The first-order valence-corrected chi connectivity index (χ1v) is 9.66. The van der Waals surface area contributed by atoms with Gasteiger partial charge in [-0.05, 0) is 55.0 Å². The number of H-pyrrole nitrogens is 1. The number of aromatic amines is 1. The molecule has 1 saturated heterocycles. The topological polar surface area (TPSA) is 48.1 Å². The third kappa shape index (κ3) is 3.31. The Labute approximate surface area is 160 Å². The molecule has 1 aliphatic rings. The van der Waals surface area contributed by atoms with Crippen LogP contribution in [-0.4, -0.2) is 36.1 Å². The number of hydrogen-bond acceptors (Lipinski definition) is 3. The number of rotatable bonds is 3.